The van der Waals surface area contributed by atoms with E-state index in [-0.39, 0.29) is 0 Å². The smallest absolute Gasteiger partial charge is 0.131 e. The van der Waals surface area contributed by atoms with Crippen molar-refractivity contribution in [2.24, 2.45) is 0 Å². The van der Waals surface area contributed by atoms with Crippen LogP contribution < -0.4 is 10.5 Å². The zero-order chi connectivity index (χ0) is 8.97. The van der Waals surface area contributed by atoms with Crippen LogP contribution in [0.1, 0.15) is 12.5 Å². The first-order valence-corrected chi connectivity index (χ1v) is 3.78. The molecule has 0 unspecified atom stereocenters. The first-order valence-electron chi connectivity index (χ1n) is 3.78. The Hall–Kier alpha value is -1.51. The van der Waals surface area contributed by atoms with Gasteiger partial charge in [0.25, 0.3) is 0 Å². The second kappa shape index (κ2) is 3.76. The first kappa shape index (κ1) is 8.59. The summed E-state index contributed by atoms with van der Waals surface area (Å²) in [7, 11) is 0. The molecule has 0 fully saturated rings. The third kappa shape index (κ3) is 1.75. The third-order valence-corrected chi connectivity index (χ3v) is 1.44. The second-order valence-corrected chi connectivity index (χ2v) is 2.28. The molecule has 2 N–H and O–H groups in total. The molecule has 1 aromatic heterocycles. The monoisotopic (exact) mass is 164 g/mol. The molecule has 3 nitrogen and oxygen atoms in total. The number of ether oxygens (including phenoxy) is 1. The summed E-state index contributed by atoms with van der Waals surface area (Å²) >= 11 is 0. The lowest BCUT2D eigenvalue weighted by Crippen LogP contribution is -1.97. The van der Waals surface area contributed by atoms with Crippen molar-refractivity contribution in [3.63, 3.8) is 0 Å². The van der Waals surface area contributed by atoms with E-state index in [1.165, 1.54) is 0 Å². The van der Waals surface area contributed by atoms with Gasteiger partial charge in [0.15, 0.2) is 0 Å². The number of nitrogens with zero attached hydrogens (tertiary/aromatic N) is 1. The van der Waals surface area contributed by atoms with E-state index in [2.05, 4.69) is 11.6 Å². The van der Waals surface area contributed by atoms with Gasteiger partial charge in [0.05, 0.1) is 6.61 Å². The molecule has 1 rings (SSSR count). The molecule has 64 valence electrons. The van der Waals surface area contributed by atoms with E-state index in [1.807, 2.05) is 6.92 Å². The maximum Gasteiger partial charge on any atom is 0.131 e. The molecule has 0 amide bonds. The Kier molecular flexibility index (Phi) is 2.69. The Morgan fingerprint density at radius 2 is 2.50 bits per heavy atom. The Labute approximate surface area is 71.9 Å². The highest BCUT2D eigenvalue weighted by Crippen LogP contribution is 2.20. The SMILES string of the molecule is C=Cc1cnc(N)cc1OCC. The average Bonchev–Trinajstić information content (AvgIpc) is 2.05. The molecule has 0 saturated carbocycles. The number of nitrogen functional groups attached to an aromatic ring is 1. The van der Waals surface area contributed by atoms with Crippen LogP contribution in [-0.2, 0) is 0 Å². The highest BCUT2D eigenvalue weighted by Gasteiger charge is 2.00. The van der Waals surface area contributed by atoms with E-state index < -0.39 is 0 Å². The molecule has 0 saturated heterocycles. The lowest BCUT2D eigenvalue weighted by molar-refractivity contribution is 0.339. The van der Waals surface area contributed by atoms with Crippen molar-refractivity contribution in [2.45, 2.75) is 6.92 Å². The summed E-state index contributed by atoms with van der Waals surface area (Å²) in [5.41, 5.74) is 6.35. The second-order valence-electron chi connectivity index (χ2n) is 2.28. The van der Waals surface area contributed by atoms with Crippen molar-refractivity contribution in [3.05, 3.63) is 24.4 Å². The third-order valence-electron chi connectivity index (χ3n) is 1.44. The minimum absolute atomic E-state index is 0.462. The molecule has 0 aromatic carbocycles. The van der Waals surface area contributed by atoms with E-state index in [0.29, 0.717) is 12.4 Å². The van der Waals surface area contributed by atoms with Crippen LogP contribution in [0.15, 0.2) is 18.8 Å². The molecular weight excluding hydrogens is 152 g/mol. The fraction of sp³-hybridized carbons (Fsp3) is 0.222. The highest BCUT2D eigenvalue weighted by atomic mass is 16.5. The lowest BCUT2D eigenvalue weighted by Gasteiger charge is -2.06. The van der Waals surface area contributed by atoms with Crippen LogP contribution in [0, 0.1) is 0 Å². The number of hydrogen-bond donors (Lipinski definition) is 1. The van der Waals surface area contributed by atoms with Crippen molar-refractivity contribution in [3.8, 4) is 5.75 Å². The van der Waals surface area contributed by atoms with Gasteiger partial charge in [-0.1, -0.05) is 12.7 Å². The van der Waals surface area contributed by atoms with Gasteiger partial charge in [0.2, 0.25) is 0 Å². The summed E-state index contributed by atoms with van der Waals surface area (Å²) in [6.07, 6.45) is 3.34. The largest absolute Gasteiger partial charge is 0.493 e. The Morgan fingerprint density at radius 3 is 3.08 bits per heavy atom. The normalized spacial score (nSPS) is 9.42. The van der Waals surface area contributed by atoms with Gasteiger partial charge in [-0.25, -0.2) is 4.98 Å². The fourth-order valence-electron chi connectivity index (χ4n) is 0.896. The van der Waals surface area contributed by atoms with E-state index in [9.17, 15) is 0 Å². The Bertz CT molecular complexity index is 284. The van der Waals surface area contributed by atoms with E-state index in [4.69, 9.17) is 10.5 Å². The van der Waals surface area contributed by atoms with Crippen molar-refractivity contribution in [1.29, 1.82) is 0 Å². The van der Waals surface area contributed by atoms with E-state index in [0.717, 1.165) is 11.3 Å². The molecule has 0 spiro atoms. The fourth-order valence-corrected chi connectivity index (χ4v) is 0.896. The summed E-state index contributed by atoms with van der Waals surface area (Å²) in [5.74, 6) is 1.20. The van der Waals surface area contributed by atoms with Gasteiger partial charge in [-0.15, -0.1) is 0 Å². The molecule has 0 bridgehead atoms. The zero-order valence-corrected chi connectivity index (χ0v) is 7.08. The predicted molar refractivity (Wildman–Crippen MR) is 49.9 cm³/mol. The van der Waals surface area contributed by atoms with Gasteiger partial charge in [-0.05, 0) is 6.92 Å². The van der Waals surface area contributed by atoms with Crippen LogP contribution in [0.4, 0.5) is 5.82 Å². The highest BCUT2D eigenvalue weighted by molar-refractivity contribution is 5.57. The molecule has 1 aromatic rings. The van der Waals surface area contributed by atoms with Gasteiger partial charge in [-0.2, -0.15) is 0 Å². The topological polar surface area (TPSA) is 48.1 Å². The molecule has 0 aliphatic rings. The van der Waals surface area contributed by atoms with Crippen LogP contribution in [0.3, 0.4) is 0 Å². The number of aromatic nitrogens is 1. The quantitative estimate of drug-likeness (QED) is 0.739. The lowest BCUT2D eigenvalue weighted by atomic mass is 10.2. The van der Waals surface area contributed by atoms with E-state index >= 15 is 0 Å². The van der Waals surface area contributed by atoms with Crippen molar-refractivity contribution >= 4 is 11.9 Å². The van der Waals surface area contributed by atoms with Gasteiger partial charge in [0, 0.05) is 17.8 Å². The minimum atomic E-state index is 0.462. The van der Waals surface area contributed by atoms with Crippen LogP contribution in [0.25, 0.3) is 6.08 Å². The average molecular weight is 164 g/mol. The predicted octanol–water partition coefficient (Wildman–Crippen LogP) is 1.71. The van der Waals surface area contributed by atoms with Gasteiger partial charge < -0.3 is 10.5 Å². The molecular formula is C9H12N2O. The summed E-state index contributed by atoms with van der Waals surface area (Å²) in [5, 5.41) is 0. The molecule has 1 heterocycles. The number of pyridine rings is 1. The number of nitrogens with two attached hydrogens (primary N) is 1. The molecule has 3 heteroatoms. The van der Waals surface area contributed by atoms with Crippen LogP contribution in [0.5, 0.6) is 5.75 Å². The maximum absolute atomic E-state index is 5.49. The molecule has 0 atom stereocenters. The summed E-state index contributed by atoms with van der Waals surface area (Å²) in [4.78, 5) is 3.92. The number of hydrogen-bond acceptors (Lipinski definition) is 3. The van der Waals surface area contributed by atoms with Crippen molar-refractivity contribution in [2.75, 3.05) is 12.3 Å². The van der Waals surface area contributed by atoms with Crippen molar-refractivity contribution in [1.82, 2.24) is 4.98 Å². The number of rotatable bonds is 3. The van der Waals surface area contributed by atoms with Crippen LogP contribution in [0.2, 0.25) is 0 Å². The number of anilines is 1. The standard InChI is InChI=1S/C9H12N2O/c1-3-7-6-11-9(10)5-8(7)12-4-2/h3,5-6H,1,4H2,2H3,(H2,10,11). The molecule has 0 aliphatic carbocycles. The molecule has 12 heavy (non-hydrogen) atoms. The van der Waals surface area contributed by atoms with Crippen molar-refractivity contribution < 1.29 is 4.74 Å². The molecule has 0 radical (unpaired) electrons. The Morgan fingerprint density at radius 1 is 1.75 bits per heavy atom. The van der Waals surface area contributed by atoms with Crippen LogP contribution in [-0.4, -0.2) is 11.6 Å². The van der Waals surface area contributed by atoms with E-state index in [1.54, 1.807) is 18.3 Å². The minimum Gasteiger partial charge on any atom is -0.493 e. The first-order chi connectivity index (χ1) is 5.77. The summed E-state index contributed by atoms with van der Waals surface area (Å²) < 4.78 is 5.32. The molecule has 0 aliphatic heterocycles. The van der Waals surface area contributed by atoms with Gasteiger partial charge >= 0.3 is 0 Å². The maximum atomic E-state index is 5.49. The van der Waals surface area contributed by atoms with Gasteiger partial charge in [0.1, 0.15) is 11.6 Å². The van der Waals surface area contributed by atoms with Gasteiger partial charge in [-0.3, -0.25) is 0 Å². The summed E-state index contributed by atoms with van der Waals surface area (Å²) in [6, 6.07) is 1.69. The summed E-state index contributed by atoms with van der Waals surface area (Å²) in [6.45, 7) is 6.18. The Balaban J connectivity index is 3.03. The zero-order valence-electron chi connectivity index (χ0n) is 7.08. The van der Waals surface area contributed by atoms with Crippen LogP contribution >= 0.6 is 0 Å².